The first-order valence-corrected chi connectivity index (χ1v) is 14.1. The van der Waals surface area contributed by atoms with Gasteiger partial charge in [0.15, 0.2) is 0 Å². The summed E-state index contributed by atoms with van der Waals surface area (Å²) in [4.78, 5) is 0. The second kappa shape index (κ2) is 11.5. The second-order valence-corrected chi connectivity index (χ2v) is 11.5. The Morgan fingerprint density at radius 2 is 1.29 bits per heavy atom. The fourth-order valence-electron chi connectivity index (χ4n) is 6.96. The van der Waals surface area contributed by atoms with Gasteiger partial charge in [-0.2, -0.15) is 0 Å². The van der Waals surface area contributed by atoms with Crippen LogP contribution in [0.5, 0.6) is 0 Å². The van der Waals surface area contributed by atoms with Gasteiger partial charge in [-0.15, -0.1) is 0 Å². The van der Waals surface area contributed by atoms with Crippen molar-refractivity contribution < 1.29 is 49.5 Å². The first-order chi connectivity index (χ1) is 15.8. The summed E-state index contributed by atoms with van der Waals surface area (Å²) in [5.41, 5.74) is 6.57. The standard InChI is InChI=1S/C31H33.2ClH.Zr/c1-3-11-22(12-4-1)30(23-13-5-2-6-14-23)28-20-19-27-26-18-10-9-17-25(26)21-29(27)31(28)24-15-7-8-16-24;;;/h7-10,15,17-20,22-23H,1-6,11-14,16H2;2*1H;/q;;;+2/p-2. The number of hydrogen-bond acceptors (Lipinski definition) is 0. The molecule has 0 heterocycles. The Labute approximate surface area is 231 Å². The summed E-state index contributed by atoms with van der Waals surface area (Å²) in [5.74, 6) is 1.60. The third-order valence-corrected chi connectivity index (χ3v) is 9.71. The number of halogens is 2. The van der Waals surface area contributed by atoms with E-state index in [4.69, 9.17) is 0 Å². The Morgan fingerprint density at radius 1 is 0.676 bits per heavy atom. The van der Waals surface area contributed by atoms with Gasteiger partial charge >= 0.3 is 208 Å². The molecule has 0 bridgehead atoms. The predicted molar refractivity (Wildman–Crippen MR) is 131 cm³/mol. The molecule has 0 saturated heterocycles. The van der Waals surface area contributed by atoms with Gasteiger partial charge in [-0.3, -0.25) is 0 Å². The normalized spacial score (nSPS) is 19.7. The van der Waals surface area contributed by atoms with E-state index in [0.717, 1.165) is 18.3 Å². The summed E-state index contributed by atoms with van der Waals surface area (Å²) in [6, 6.07) is 14.1. The molecule has 0 spiro atoms. The van der Waals surface area contributed by atoms with Crippen LogP contribution in [-0.4, -0.2) is 0 Å². The van der Waals surface area contributed by atoms with Crippen molar-refractivity contribution in [3.63, 3.8) is 0 Å². The van der Waals surface area contributed by atoms with E-state index >= 15 is 0 Å². The number of rotatable bonds is 3. The number of hydrogen-bond donors (Lipinski definition) is 0. The molecule has 6 rings (SSSR count). The Morgan fingerprint density at radius 3 is 1.88 bits per heavy atom. The molecule has 3 heteroatoms. The van der Waals surface area contributed by atoms with Gasteiger partial charge in [0.05, 0.1) is 0 Å². The Bertz CT molecular complexity index is 1300. The summed E-state index contributed by atoms with van der Waals surface area (Å²) in [7, 11) is 0. The number of benzene rings is 2. The monoisotopic (exact) mass is 565 g/mol. The number of fused-ring (bicyclic) bond motifs is 2. The molecule has 2 fully saturated rings. The van der Waals surface area contributed by atoms with E-state index < -0.39 is 0 Å². The van der Waals surface area contributed by atoms with Crippen LogP contribution in [0.4, 0.5) is 0 Å². The second-order valence-electron chi connectivity index (χ2n) is 10.3. The first kappa shape index (κ1) is 26.2. The Hall–Kier alpha value is -0.877. The Kier molecular flexibility index (Phi) is 8.82. The van der Waals surface area contributed by atoms with Crippen LogP contribution in [0.1, 0.15) is 81.8 Å². The predicted octanol–water partition coefficient (Wildman–Crippen LogP) is 0.653. The summed E-state index contributed by atoms with van der Waals surface area (Å²) in [6.07, 6.45) is 22.3. The molecule has 2 saturated carbocycles. The molecule has 175 valence electrons. The molecule has 2 aromatic carbocycles. The third kappa shape index (κ3) is 4.63. The molecule has 0 aromatic heterocycles. The summed E-state index contributed by atoms with van der Waals surface area (Å²) in [5, 5.41) is 6.03. The van der Waals surface area contributed by atoms with E-state index in [1.807, 2.05) is 5.57 Å². The molecule has 0 amide bonds. The molecule has 0 atom stereocenters. The van der Waals surface area contributed by atoms with Crippen molar-refractivity contribution in [3.05, 3.63) is 86.6 Å². The molecule has 0 unspecified atom stereocenters. The van der Waals surface area contributed by atoms with Crippen LogP contribution in [0, 0.1) is 22.3 Å². The van der Waals surface area contributed by atoms with Crippen LogP contribution < -0.4 is 35.3 Å². The average Bonchev–Trinajstić information content (AvgIpc) is 3.48. The molecule has 2 aromatic rings. The van der Waals surface area contributed by atoms with Crippen LogP contribution in [-0.2, 0) is 24.7 Å². The van der Waals surface area contributed by atoms with Gasteiger partial charge in [0, 0.05) is 0 Å². The molecule has 0 aliphatic heterocycles. The van der Waals surface area contributed by atoms with Crippen molar-refractivity contribution in [2.75, 3.05) is 0 Å². The SMILES string of the molecule is [Cl-].[Cl-].[Zr+2][C]1=c2ccccc2=c2ccc(=C(C3CCCCC3)C3CCCCC3)c(C3=CC=CC3)c21. The average molecular weight is 568 g/mol. The molecule has 0 nitrogen and oxygen atoms in total. The van der Waals surface area contributed by atoms with Crippen molar-refractivity contribution in [1.82, 2.24) is 0 Å². The Balaban J connectivity index is 0.00000137. The maximum absolute atomic E-state index is 2.55. The van der Waals surface area contributed by atoms with Crippen molar-refractivity contribution in [1.29, 1.82) is 0 Å². The summed E-state index contributed by atoms with van der Waals surface area (Å²) in [6.45, 7) is 0. The van der Waals surface area contributed by atoms with E-state index in [2.05, 4.69) is 54.6 Å². The first-order valence-electron chi connectivity index (χ1n) is 12.9. The molecule has 0 N–H and O–H groups in total. The maximum atomic E-state index is 2.55. The quantitative estimate of drug-likeness (QED) is 0.512. The van der Waals surface area contributed by atoms with E-state index in [9.17, 15) is 0 Å². The topological polar surface area (TPSA) is 0 Å². The van der Waals surface area contributed by atoms with Crippen molar-refractivity contribution in [3.8, 4) is 0 Å². The zero-order valence-electron chi connectivity index (χ0n) is 19.9. The summed E-state index contributed by atoms with van der Waals surface area (Å²) < 4.78 is 1.57. The van der Waals surface area contributed by atoms with Crippen molar-refractivity contribution in [2.24, 2.45) is 11.8 Å². The molecular formula is C31H33Cl2Zr. The van der Waals surface area contributed by atoms with Crippen LogP contribution in [0.2, 0.25) is 0 Å². The zero-order valence-corrected chi connectivity index (χ0v) is 23.9. The fourth-order valence-corrected chi connectivity index (χ4v) is 8.14. The van der Waals surface area contributed by atoms with Crippen LogP contribution in [0.25, 0.3) is 14.4 Å². The van der Waals surface area contributed by atoms with Gasteiger partial charge in [0.1, 0.15) is 0 Å². The van der Waals surface area contributed by atoms with Gasteiger partial charge in [-0.1, -0.05) is 0 Å². The fraction of sp³-hybridized carbons (Fsp3) is 0.419. The van der Waals surface area contributed by atoms with Crippen molar-refractivity contribution in [2.45, 2.75) is 70.6 Å². The van der Waals surface area contributed by atoms with Crippen LogP contribution in [0.15, 0.2) is 54.6 Å². The van der Waals surface area contributed by atoms with Gasteiger partial charge in [0.25, 0.3) is 0 Å². The minimum absolute atomic E-state index is 0. The summed E-state index contributed by atoms with van der Waals surface area (Å²) >= 11 is 1.54. The van der Waals surface area contributed by atoms with E-state index in [-0.39, 0.29) is 24.8 Å². The zero-order chi connectivity index (χ0) is 21.5. The third-order valence-electron chi connectivity index (χ3n) is 8.44. The number of allylic oxidation sites excluding steroid dienone is 4. The van der Waals surface area contributed by atoms with Crippen molar-refractivity contribution >= 4 is 14.4 Å². The van der Waals surface area contributed by atoms with Gasteiger partial charge in [-0.25, -0.2) is 0 Å². The molecular weight excluding hydrogens is 534 g/mol. The van der Waals surface area contributed by atoms with E-state index in [1.54, 1.807) is 49.9 Å². The minimum atomic E-state index is 0. The molecule has 0 radical (unpaired) electrons. The van der Waals surface area contributed by atoms with Crippen LogP contribution >= 0.6 is 0 Å². The van der Waals surface area contributed by atoms with Gasteiger partial charge < -0.3 is 24.8 Å². The van der Waals surface area contributed by atoms with Crippen LogP contribution in [0.3, 0.4) is 0 Å². The molecule has 4 aliphatic rings. The molecule has 4 aliphatic carbocycles. The van der Waals surface area contributed by atoms with E-state index in [0.29, 0.717) is 0 Å². The van der Waals surface area contributed by atoms with Gasteiger partial charge in [-0.05, 0) is 0 Å². The molecule has 34 heavy (non-hydrogen) atoms. The van der Waals surface area contributed by atoms with Gasteiger partial charge in [0.2, 0.25) is 0 Å². The van der Waals surface area contributed by atoms with E-state index in [1.165, 1.54) is 79.9 Å².